The number of nitrogens with zero attached hydrogens (tertiary/aromatic N) is 2. The molecule has 2 aliphatic rings. The molecule has 1 saturated heterocycles. The summed E-state index contributed by atoms with van der Waals surface area (Å²) in [6, 6.07) is 0. The van der Waals surface area contributed by atoms with Gasteiger partial charge in [0.25, 0.3) is 0 Å². The first kappa shape index (κ1) is 13.1. The van der Waals surface area contributed by atoms with E-state index in [0.717, 1.165) is 43.6 Å². The molecule has 1 unspecified atom stereocenters. The Morgan fingerprint density at radius 3 is 2.79 bits per heavy atom. The molecule has 106 valence electrons. The first-order valence-electron chi connectivity index (χ1n) is 7.43. The molecule has 5 nitrogen and oxygen atoms in total. The normalized spacial score (nSPS) is 22.6. The van der Waals surface area contributed by atoms with Crippen molar-refractivity contribution in [3.05, 3.63) is 11.7 Å². The Balaban J connectivity index is 1.52. The van der Waals surface area contributed by atoms with E-state index >= 15 is 0 Å². The van der Waals surface area contributed by atoms with Gasteiger partial charge in [0.2, 0.25) is 11.7 Å². The van der Waals surface area contributed by atoms with Crippen LogP contribution in [0.15, 0.2) is 4.52 Å². The fraction of sp³-hybridized carbons (Fsp3) is 0.857. The summed E-state index contributed by atoms with van der Waals surface area (Å²) < 4.78 is 10.8. The smallest absolute Gasteiger partial charge is 0.226 e. The minimum Gasteiger partial charge on any atom is -0.373 e. The predicted octanol–water partition coefficient (Wildman–Crippen LogP) is 2.10. The third kappa shape index (κ3) is 3.34. The van der Waals surface area contributed by atoms with Crippen LogP contribution in [0, 0.1) is 11.8 Å². The topological polar surface area (TPSA) is 60.2 Å². The first-order valence-corrected chi connectivity index (χ1v) is 7.43. The number of rotatable bonds is 6. The van der Waals surface area contributed by atoms with Crippen LogP contribution in [0.5, 0.6) is 0 Å². The highest BCUT2D eigenvalue weighted by atomic mass is 16.5. The monoisotopic (exact) mass is 265 g/mol. The molecule has 1 atom stereocenters. The van der Waals surface area contributed by atoms with Gasteiger partial charge in [0.15, 0.2) is 0 Å². The maximum Gasteiger partial charge on any atom is 0.226 e. The largest absolute Gasteiger partial charge is 0.373 e. The number of piperidine rings is 1. The average Bonchev–Trinajstić information content (AvgIpc) is 3.17. The third-order valence-corrected chi connectivity index (χ3v) is 4.27. The van der Waals surface area contributed by atoms with Crippen molar-refractivity contribution in [2.24, 2.45) is 11.8 Å². The summed E-state index contributed by atoms with van der Waals surface area (Å²) >= 11 is 0. The molecule has 0 amide bonds. The molecule has 1 saturated carbocycles. The van der Waals surface area contributed by atoms with Crippen LogP contribution < -0.4 is 5.32 Å². The first-order chi connectivity index (χ1) is 9.36. The number of hydrogen-bond acceptors (Lipinski definition) is 5. The van der Waals surface area contributed by atoms with Crippen LogP contribution in [-0.4, -0.2) is 30.3 Å². The number of ether oxygens (including phenoxy) is 1. The van der Waals surface area contributed by atoms with Gasteiger partial charge < -0.3 is 14.6 Å². The van der Waals surface area contributed by atoms with Crippen LogP contribution in [0.1, 0.15) is 49.9 Å². The molecule has 1 aliphatic carbocycles. The number of nitrogens with one attached hydrogen (secondary N) is 1. The van der Waals surface area contributed by atoms with Gasteiger partial charge in [0, 0.05) is 13.5 Å². The molecule has 1 aromatic heterocycles. The fourth-order valence-corrected chi connectivity index (χ4v) is 2.89. The van der Waals surface area contributed by atoms with E-state index in [0.29, 0.717) is 5.92 Å². The Labute approximate surface area is 114 Å². The molecule has 0 bridgehead atoms. The molecule has 2 heterocycles. The molecule has 2 fully saturated rings. The lowest BCUT2D eigenvalue weighted by Gasteiger charge is -2.21. The summed E-state index contributed by atoms with van der Waals surface area (Å²) in [7, 11) is 1.73. The lowest BCUT2D eigenvalue weighted by Crippen LogP contribution is -2.27. The highest BCUT2D eigenvalue weighted by Crippen LogP contribution is 2.41. The van der Waals surface area contributed by atoms with Crippen molar-refractivity contribution in [2.75, 3.05) is 20.2 Å². The van der Waals surface area contributed by atoms with Crippen LogP contribution >= 0.6 is 0 Å². The van der Waals surface area contributed by atoms with Gasteiger partial charge in [-0.05, 0) is 57.0 Å². The second kappa shape index (κ2) is 6.01. The summed E-state index contributed by atoms with van der Waals surface area (Å²) in [5.74, 6) is 2.92. The van der Waals surface area contributed by atoms with Crippen molar-refractivity contribution in [3.8, 4) is 0 Å². The average molecular weight is 265 g/mol. The highest BCUT2D eigenvalue weighted by molar-refractivity contribution is 4.98. The van der Waals surface area contributed by atoms with Crippen LogP contribution in [0.25, 0.3) is 0 Å². The fourth-order valence-electron chi connectivity index (χ4n) is 2.89. The molecular formula is C14H23N3O2. The molecule has 0 spiro atoms. The Morgan fingerprint density at radius 1 is 1.32 bits per heavy atom. The summed E-state index contributed by atoms with van der Waals surface area (Å²) in [6.07, 6.45) is 7.07. The molecular weight excluding hydrogens is 242 g/mol. The van der Waals surface area contributed by atoms with E-state index in [-0.39, 0.29) is 6.10 Å². The second-order valence-electron chi connectivity index (χ2n) is 5.77. The van der Waals surface area contributed by atoms with Crippen molar-refractivity contribution < 1.29 is 9.26 Å². The molecule has 0 radical (unpaired) electrons. The van der Waals surface area contributed by atoms with Crippen molar-refractivity contribution >= 4 is 0 Å². The zero-order valence-electron chi connectivity index (χ0n) is 11.6. The Kier molecular flexibility index (Phi) is 4.13. The molecule has 0 aromatic carbocycles. The van der Waals surface area contributed by atoms with E-state index in [1.807, 2.05) is 0 Å². The molecule has 1 aliphatic heterocycles. The zero-order chi connectivity index (χ0) is 13.1. The minimum absolute atomic E-state index is 0.0383. The van der Waals surface area contributed by atoms with Gasteiger partial charge in [-0.1, -0.05) is 5.16 Å². The molecule has 19 heavy (non-hydrogen) atoms. The van der Waals surface area contributed by atoms with E-state index in [1.165, 1.54) is 25.7 Å². The van der Waals surface area contributed by atoms with E-state index in [2.05, 4.69) is 15.5 Å². The van der Waals surface area contributed by atoms with Crippen LogP contribution in [0.3, 0.4) is 0 Å². The summed E-state index contributed by atoms with van der Waals surface area (Å²) in [6.45, 7) is 2.29. The number of aromatic nitrogens is 2. The molecule has 5 heteroatoms. The number of hydrogen-bond donors (Lipinski definition) is 1. The maximum atomic E-state index is 5.47. The summed E-state index contributed by atoms with van der Waals surface area (Å²) in [5.41, 5.74) is 0. The Morgan fingerprint density at radius 2 is 2.11 bits per heavy atom. The van der Waals surface area contributed by atoms with Crippen LogP contribution in [0.4, 0.5) is 0 Å². The van der Waals surface area contributed by atoms with Crippen molar-refractivity contribution in [2.45, 2.75) is 44.6 Å². The van der Waals surface area contributed by atoms with E-state index < -0.39 is 0 Å². The third-order valence-electron chi connectivity index (χ3n) is 4.27. The SMILES string of the molecule is COC(c1noc(CCC2CCNCC2)n1)C1CC1. The molecule has 1 N–H and O–H groups in total. The van der Waals surface area contributed by atoms with Crippen molar-refractivity contribution in [3.63, 3.8) is 0 Å². The van der Waals surface area contributed by atoms with Gasteiger partial charge in [0.1, 0.15) is 6.10 Å². The van der Waals surface area contributed by atoms with Crippen molar-refractivity contribution in [1.29, 1.82) is 0 Å². The van der Waals surface area contributed by atoms with E-state index in [4.69, 9.17) is 9.26 Å². The van der Waals surface area contributed by atoms with E-state index in [1.54, 1.807) is 7.11 Å². The molecule has 1 aromatic rings. The summed E-state index contributed by atoms with van der Waals surface area (Å²) in [5, 5.41) is 7.48. The van der Waals surface area contributed by atoms with Gasteiger partial charge in [0.05, 0.1) is 0 Å². The van der Waals surface area contributed by atoms with Gasteiger partial charge in [-0.15, -0.1) is 0 Å². The van der Waals surface area contributed by atoms with Gasteiger partial charge >= 0.3 is 0 Å². The van der Waals surface area contributed by atoms with Crippen molar-refractivity contribution in [1.82, 2.24) is 15.5 Å². The van der Waals surface area contributed by atoms with Crippen LogP contribution in [0.2, 0.25) is 0 Å². The quantitative estimate of drug-likeness (QED) is 0.853. The highest BCUT2D eigenvalue weighted by Gasteiger charge is 2.35. The van der Waals surface area contributed by atoms with Gasteiger partial charge in [-0.3, -0.25) is 0 Å². The summed E-state index contributed by atoms with van der Waals surface area (Å²) in [4.78, 5) is 4.51. The second-order valence-corrected chi connectivity index (χ2v) is 5.77. The standard InChI is InChI=1S/C14H23N3O2/c1-18-13(11-3-4-11)14-16-12(19-17-14)5-2-10-6-8-15-9-7-10/h10-11,13,15H,2-9H2,1H3. The number of aryl methyl sites for hydroxylation is 1. The Bertz CT molecular complexity index is 397. The van der Waals surface area contributed by atoms with Gasteiger partial charge in [-0.2, -0.15) is 4.98 Å². The lowest BCUT2D eigenvalue weighted by molar-refractivity contribution is 0.0751. The zero-order valence-corrected chi connectivity index (χ0v) is 11.6. The van der Waals surface area contributed by atoms with E-state index in [9.17, 15) is 0 Å². The number of methoxy groups -OCH3 is 1. The van der Waals surface area contributed by atoms with Gasteiger partial charge in [-0.25, -0.2) is 0 Å². The maximum absolute atomic E-state index is 5.47. The predicted molar refractivity (Wildman–Crippen MR) is 70.7 cm³/mol. The lowest BCUT2D eigenvalue weighted by atomic mass is 9.93. The van der Waals surface area contributed by atoms with Crippen LogP contribution in [-0.2, 0) is 11.2 Å². The Hall–Kier alpha value is -0.940. The molecule has 3 rings (SSSR count). The minimum atomic E-state index is 0.0383.